The SMILES string of the molecule is Cc1ccc(Nc2nnc(SCc3nc4ccccc4c(=O)[nH]3)s2)cc1C. The summed E-state index contributed by atoms with van der Waals surface area (Å²) < 4.78 is 0.817. The highest BCUT2D eigenvalue weighted by Gasteiger charge is 2.08. The number of hydrogen-bond acceptors (Lipinski definition) is 7. The number of aryl methyl sites for hydroxylation is 2. The van der Waals surface area contributed by atoms with Crippen molar-refractivity contribution in [2.45, 2.75) is 23.9 Å². The van der Waals surface area contributed by atoms with E-state index < -0.39 is 0 Å². The molecule has 0 aliphatic heterocycles. The summed E-state index contributed by atoms with van der Waals surface area (Å²) in [5.74, 6) is 1.15. The average Bonchev–Trinajstić information content (AvgIpc) is 3.10. The molecule has 0 spiro atoms. The normalized spacial score (nSPS) is 11.0. The fourth-order valence-electron chi connectivity index (χ4n) is 2.59. The second-order valence-corrected chi connectivity index (χ2v) is 8.32. The predicted molar refractivity (Wildman–Crippen MR) is 111 cm³/mol. The number of nitrogens with one attached hydrogen (secondary N) is 2. The Kier molecular flexibility index (Phi) is 4.91. The van der Waals surface area contributed by atoms with E-state index in [-0.39, 0.29) is 5.56 Å². The highest BCUT2D eigenvalue weighted by Crippen LogP contribution is 2.29. The zero-order valence-corrected chi connectivity index (χ0v) is 16.4. The molecule has 0 fully saturated rings. The van der Waals surface area contributed by atoms with Gasteiger partial charge < -0.3 is 10.3 Å². The lowest BCUT2D eigenvalue weighted by Gasteiger charge is -2.05. The lowest BCUT2D eigenvalue weighted by atomic mass is 10.1. The Hall–Kier alpha value is -2.71. The van der Waals surface area contributed by atoms with E-state index in [1.165, 1.54) is 34.2 Å². The van der Waals surface area contributed by atoms with Crippen LogP contribution in [0.5, 0.6) is 0 Å². The van der Waals surface area contributed by atoms with Crippen molar-refractivity contribution in [2.75, 3.05) is 5.32 Å². The third-order valence-corrected chi connectivity index (χ3v) is 6.14. The number of aromatic nitrogens is 4. The molecule has 8 heteroatoms. The van der Waals surface area contributed by atoms with Gasteiger partial charge in [0.25, 0.3) is 5.56 Å². The Bertz CT molecular complexity index is 1170. The van der Waals surface area contributed by atoms with Crippen LogP contribution in [0.1, 0.15) is 17.0 Å². The van der Waals surface area contributed by atoms with Gasteiger partial charge in [0.2, 0.25) is 5.13 Å². The van der Waals surface area contributed by atoms with Gasteiger partial charge in [0.05, 0.1) is 16.7 Å². The standard InChI is InChI=1S/C19H17N5OS2/c1-11-7-8-13(9-12(11)2)20-18-23-24-19(27-18)26-10-16-21-15-6-4-3-5-14(15)17(25)22-16/h3-9H,10H2,1-2H3,(H,20,23)(H,21,22,25). The summed E-state index contributed by atoms with van der Waals surface area (Å²) in [5, 5.41) is 13.0. The second kappa shape index (κ2) is 7.50. The number of H-pyrrole nitrogens is 1. The lowest BCUT2D eigenvalue weighted by Crippen LogP contribution is -2.11. The minimum Gasteiger partial charge on any atom is -0.330 e. The summed E-state index contributed by atoms with van der Waals surface area (Å²) in [6, 6.07) is 13.5. The summed E-state index contributed by atoms with van der Waals surface area (Å²) in [7, 11) is 0. The quantitative estimate of drug-likeness (QED) is 0.487. The molecule has 0 amide bonds. The monoisotopic (exact) mass is 395 g/mol. The first kappa shape index (κ1) is 17.7. The van der Waals surface area contributed by atoms with Crippen LogP contribution in [-0.2, 0) is 5.75 Å². The summed E-state index contributed by atoms with van der Waals surface area (Å²) >= 11 is 2.97. The Balaban J connectivity index is 1.45. The lowest BCUT2D eigenvalue weighted by molar-refractivity contribution is 1.00. The number of anilines is 2. The molecule has 2 aromatic heterocycles. The Morgan fingerprint density at radius 3 is 2.81 bits per heavy atom. The third-order valence-electron chi connectivity index (χ3n) is 4.16. The van der Waals surface area contributed by atoms with Crippen LogP contribution in [0.25, 0.3) is 10.9 Å². The van der Waals surface area contributed by atoms with E-state index in [4.69, 9.17) is 0 Å². The molecule has 4 aromatic rings. The van der Waals surface area contributed by atoms with Gasteiger partial charge in [0.1, 0.15) is 5.82 Å². The van der Waals surface area contributed by atoms with Crippen LogP contribution in [0, 0.1) is 13.8 Å². The Labute approximate surface area is 164 Å². The number of rotatable bonds is 5. The van der Waals surface area contributed by atoms with Crippen molar-refractivity contribution in [3.63, 3.8) is 0 Å². The molecule has 136 valence electrons. The predicted octanol–water partition coefficient (Wildman–Crippen LogP) is 4.43. The first-order chi connectivity index (χ1) is 13.1. The second-order valence-electron chi connectivity index (χ2n) is 6.12. The average molecular weight is 396 g/mol. The van der Waals surface area contributed by atoms with Crippen LogP contribution in [0.2, 0.25) is 0 Å². The van der Waals surface area contributed by atoms with Crippen molar-refractivity contribution in [1.82, 2.24) is 20.2 Å². The van der Waals surface area contributed by atoms with Gasteiger partial charge in [-0.25, -0.2) is 4.98 Å². The summed E-state index contributed by atoms with van der Waals surface area (Å²) in [5.41, 5.74) is 4.06. The highest BCUT2D eigenvalue weighted by molar-refractivity contribution is 8.00. The molecule has 2 heterocycles. The van der Waals surface area contributed by atoms with Gasteiger partial charge in [-0.3, -0.25) is 4.79 Å². The van der Waals surface area contributed by atoms with Crippen molar-refractivity contribution >= 4 is 44.8 Å². The van der Waals surface area contributed by atoms with E-state index in [1.54, 1.807) is 6.07 Å². The van der Waals surface area contributed by atoms with E-state index >= 15 is 0 Å². The molecule has 0 atom stereocenters. The number of hydrogen-bond donors (Lipinski definition) is 2. The number of para-hydroxylation sites is 1. The smallest absolute Gasteiger partial charge is 0.258 e. The zero-order chi connectivity index (χ0) is 18.8. The number of benzene rings is 2. The van der Waals surface area contributed by atoms with Gasteiger partial charge in [-0.2, -0.15) is 0 Å². The van der Waals surface area contributed by atoms with E-state index in [1.807, 2.05) is 24.3 Å². The first-order valence-corrected chi connectivity index (χ1v) is 10.2. The number of nitrogens with zero attached hydrogens (tertiary/aromatic N) is 3. The molecule has 0 saturated heterocycles. The number of aromatic amines is 1. The van der Waals surface area contributed by atoms with E-state index in [0.29, 0.717) is 22.5 Å². The van der Waals surface area contributed by atoms with Crippen LogP contribution >= 0.6 is 23.1 Å². The van der Waals surface area contributed by atoms with Gasteiger partial charge in [0, 0.05) is 5.69 Å². The van der Waals surface area contributed by atoms with Gasteiger partial charge in [-0.15, -0.1) is 10.2 Å². The largest absolute Gasteiger partial charge is 0.330 e. The van der Waals surface area contributed by atoms with Crippen molar-refractivity contribution in [1.29, 1.82) is 0 Å². The molecule has 2 N–H and O–H groups in total. The van der Waals surface area contributed by atoms with Crippen molar-refractivity contribution < 1.29 is 0 Å². The molecular weight excluding hydrogens is 378 g/mol. The van der Waals surface area contributed by atoms with Crippen LogP contribution in [0.4, 0.5) is 10.8 Å². The third kappa shape index (κ3) is 4.01. The highest BCUT2D eigenvalue weighted by atomic mass is 32.2. The molecule has 0 radical (unpaired) electrons. The summed E-state index contributed by atoms with van der Waals surface area (Å²) in [4.78, 5) is 19.5. The van der Waals surface area contributed by atoms with Gasteiger partial charge >= 0.3 is 0 Å². The number of fused-ring (bicyclic) bond motifs is 1. The fourth-order valence-corrected chi connectivity index (χ4v) is 4.24. The van der Waals surface area contributed by atoms with Gasteiger partial charge in [-0.05, 0) is 49.2 Å². The molecule has 6 nitrogen and oxygen atoms in total. The summed E-state index contributed by atoms with van der Waals surface area (Å²) in [6.45, 7) is 4.17. The molecule has 27 heavy (non-hydrogen) atoms. The molecule has 0 aliphatic carbocycles. The minimum atomic E-state index is -0.120. The van der Waals surface area contributed by atoms with Gasteiger partial charge in [-0.1, -0.05) is 41.3 Å². The van der Waals surface area contributed by atoms with E-state index in [9.17, 15) is 4.79 Å². The van der Waals surface area contributed by atoms with Crippen LogP contribution in [-0.4, -0.2) is 20.2 Å². The molecule has 4 rings (SSSR count). The number of thioether (sulfide) groups is 1. The Morgan fingerprint density at radius 1 is 1.11 bits per heavy atom. The molecule has 0 unspecified atom stereocenters. The molecular formula is C19H17N5OS2. The fraction of sp³-hybridized carbons (Fsp3) is 0.158. The Morgan fingerprint density at radius 2 is 1.96 bits per heavy atom. The molecule has 0 aliphatic rings. The van der Waals surface area contributed by atoms with Crippen LogP contribution < -0.4 is 10.9 Å². The van der Waals surface area contributed by atoms with Crippen molar-refractivity contribution in [2.24, 2.45) is 0 Å². The van der Waals surface area contributed by atoms with Crippen molar-refractivity contribution in [3.05, 3.63) is 69.8 Å². The van der Waals surface area contributed by atoms with Crippen LogP contribution in [0.3, 0.4) is 0 Å². The molecule has 0 saturated carbocycles. The first-order valence-electron chi connectivity index (χ1n) is 8.37. The van der Waals surface area contributed by atoms with Crippen molar-refractivity contribution in [3.8, 4) is 0 Å². The van der Waals surface area contributed by atoms with E-state index in [0.717, 1.165) is 15.2 Å². The maximum Gasteiger partial charge on any atom is 0.258 e. The topological polar surface area (TPSA) is 83.6 Å². The zero-order valence-electron chi connectivity index (χ0n) is 14.8. The van der Waals surface area contributed by atoms with Crippen LogP contribution in [0.15, 0.2) is 51.6 Å². The minimum absolute atomic E-state index is 0.120. The maximum atomic E-state index is 12.1. The summed E-state index contributed by atoms with van der Waals surface area (Å²) in [6.07, 6.45) is 0. The molecule has 0 bridgehead atoms. The molecule has 2 aromatic carbocycles. The van der Waals surface area contributed by atoms with Gasteiger partial charge in [0.15, 0.2) is 4.34 Å². The maximum absolute atomic E-state index is 12.1. The van der Waals surface area contributed by atoms with E-state index in [2.05, 4.69) is 51.5 Å².